The molecule has 2 aliphatic rings. The third kappa shape index (κ3) is 6.36. The number of benzene rings is 2. The number of carbonyl (C=O) groups excluding carboxylic acids is 1. The highest BCUT2D eigenvalue weighted by Gasteiger charge is 2.33. The van der Waals surface area contributed by atoms with E-state index in [4.69, 9.17) is 4.74 Å². The minimum absolute atomic E-state index is 0.114. The highest BCUT2D eigenvalue weighted by Crippen LogP contribution is 2.32. The van der Waals surface area contributed by atoms with E-state index >= 15 is 0 Å². The number of anilines is 1. The molecule has 41 heavy (non-hydrogen) atoms. The summed E-state index contributed by atoms with van der Waals surface area (Å²) < 4.78 is 48.5. The van der Waals surface area contributed by atoms with Crippen LogP contribution in [0.1, 0.15) is 37.2 Å². The van der Waals surface area contributed by atoms with Crippen LogP contribution in [0.5, 0.6) is 5.75 Å². The van der Waals surface area contributed by atoms with Crippen molar-refractivity contribution in [3.63, 3.8) is 0 Å². The summed E-state index contributed by atoms with van der Waals surface area (Å²) in [5.41, 5.74) is 0.0587. The lowest BCUT2D eigenvalue weighted by Crippen LogP contribution is -2.50. The molecule has 1 aromatic heterocycles. The summed E-state index contributed by atoms with van der Waals surface area (Å²) >= 11 is 0. The quantitative estimate of drug-likeness (QED) is 0.441. The van der Waals surface area contributed by atoms with Crippen LogP contribution in [0.25, 0.3) is 5.69 Å². The van der Waals surface area contributed by atoms with Crippen molar-refractivity contribution >= 4 is 17.6 Å². The number of aromatic nitrogens is 2. The molecule has 9 nitrogen and oxygen atoms in total. The molecule has 1 saturated carbocycles. The Bertz CT molecular complexity index is 1460. The van der Waals surface area contributed by atoms with Crippen molar-refractivity contribution in [2.75, 3.05) is 31.1 Å². The highest BCUT2D eigenvalue weighted by molar-refractivity contribution is 5.88. The standard InChI is InChI=1S/C29H29F3N4O5/c30-19-6-7-23(15-19)41-27-25(17-33-36(29(27)40)22-13-20(31)12-21(32)14-22)34-8-10-35(11-9-34)28(39)24(16-26(37)38)18-4-2-1-3-5-18/h1-5,12-14,17,19,23-24H,6-11,15-16H2,(H,37,38). The van der Waals surface area contributed by atoms with Crippen molar-refractivity contribution < 1.29 is 32.6 Å². The van der Waals surface area contributed by atoms with Crippen molar-refractivity contribution in [1.29, 1.82) is 0 Å². The Labute approximate surface area is 233 Å². The lowest BCUT2D eigenvalue weighted by molar-refractivity contribution is -0.142. The molecule has 1 saturated heterocycles. The summed E-state index contributed by atoms with van der Waals surface area (Å²) in [5.74, 6) is -4.11. The monoisotopic (exact) mass is 570 g/mol. The summed E-state index contributed by atoms with van der Waals surface area (Å²) in [4.78, 5) is 41.8. The Morgan fingerprint density at radius 1 is 1.02 bits per heavy atom. The van der Waals surface area contributed by atoms with E-state index in [1.54, 1.807) is 40.1 Å². The van der Waals surface area contributed by atoms with Gasteiger partial charge in [-0.3, -0.25) is 14.4 Å². The largest absolute Gasteiger partial charge is 0.483 e. The predicted octanol–water partition coefficient (Wildman–Crippen LogP) is 3.69. The second kappa shape index (κ2) is 12.0. The minimum Gasteiger partial charge on any atom is -0.483 e. The first-order valence-corrected chi connectivity index (χ1v) is 13.4. The van der Waals surface area contributed by atoms with E-state index in [2.05, 4.69) is 5.10 Å². The molecule has 0 bridgehead atoms. The third-order valence-electron chi connectivity index (χ3n) is 7.42. The molecule has 2 fully saturated rings. The van der Waals surface area contributed by atoms with Crippen molar-refractivity contribution in [3.8, 4) is 11.4 Å². The predicted molar refractivity (Wildman–Crippen MR) is 143 cm³/mol. The molecular formula is C29H29F3N4O5. The van der Waals surface area contributed by atoms with E-state index in [1.807, 2.05) is 0 Å². The zero-order chi connectivity index (χ0) is 29.1. The Balaban J connectivity index is 1.40. The Kier molecular flexibility index (Phi) is 8.27. The van der Waals surface area contributed by atoms with E-state index in [1.165, 1.54) is 6.20 Å². The fraction of sp³-hybridized carbons (Fsp3) is 0.379. The van der Waals surface area contributed by atoms with Crippen LogP contribution in [0, 0.1) is 11.6 Å². The van der Waals surface area contributed by atoms with E-state index in [0.29, 0.717) is 30.2 Å². The van der Waals surface area contributed by atoms with Crippen LogP contribution in [0.4, 0.5) is 18.9 Å². The van der Waals surface area contributed by atoms with Gasteiger partial charge in [0.1, 0.15) is 29.6 Å². The fourth-order valence-electron chi connectivity index (χ4n) is 5.37. The number of piperazine rings is 1. The number of ether oxygens (including phenoxy) is 1. The molecule has 1 aliphatic carbocycles. The molecule has 3 unspecified atom stereocenters. The van der Waals surface area contributed by atoms with Gasteiger partial charge in [0.05, 0.1) is 24.2 Å². The van der Waals surface area contributed by atoms with Crippen LogP contribution in [0.2, 0.25) is 0 Å². The van der Waals surface area contributed by atoms with Gasteiger partial charge in [0.15, 0.2) is 0 Å². The number of rotatable bonds is 8. The number of aliphatic carboxylic acids is 1. The van der Waals surface area contributed by atoms with Crippen molar-refractivity contribution in [2.45, 2.75) is 43.9 Å². The van der Waals surface area contributed by atoms with Gasteiger partial charge in [-0.1, -0.05) is 30.3 Å². The number of nitrogens with zero attached hydrogens (tertiary/aromatic N) is 4. The molecule has 1 aliphatic heterocycles. The van der Waals surface area contributed by atoms with Gasteiger partial charge in [-0.05, 0) is 30.5 Å². The average molecular weight is 571 g/mol. The zero-order valence-electron chi connectivity index (χ0n) is 22.1. The van der Waals surface area contributed by atoms with Crippen LogP contribution < -0.4 is 15.2 Å². The van der Waals surface area contributed by atoms with Gasteiger partial charge in [-0.15, -0.1) is 0 Å². The summed E-state index contributed by atoms with van der Waals surface area (Å²) in [6.07, 6.45) is 0.224. The van der Waals surface area contributed by atoms with Crippen LogP contribution in [0.15, 0.2) is 59.5 Å². The molecule has 5 rings (SSSR count). The van der Waals surface area contributed by atoms with E-state index in [9.17, 15) is 32.7 Å². The smallest absolute Gasteiger partial charge is 0.316 e. The van der Waals surface area contributed by atoms with Crippen molar-refractivity contribution in [2.24, 2.45) is 0 Å². The van der Waals surface area contributed by atoms with Crippen LogP contribution in [-0.2, 0) is 9.59 Å². The second-order valence-electron chi connectivity index (χ2n) is 10.2. The molecule has 2 heterocycles. The van der Waals surface area contributed by atoms with Gasteiger partial charge in [0, 0.05) is 38.7 Å². The topological polar surface area (TPSA) is 105 Å². The van der Waals surface area contributed by atoms with Gasteiger partial charge in [-0.2, -0.15) is 9.78 Å². The van der Waals surface area contributed by atoms with Crippen molar-refractivity contribution in [1.82, 2.24) is 14.7 Å². The Morgan fingerprint density at radius 3 is 2.32 bits per heavy atom. The molecule has 3 atom stereocenters. The van der Waals surface area contributed by atoms with Crippen LogP contribution >= 0.6 is 0 Å². The first-order chi connectivity index (χ1) is 19.7. The number of hydrogen-bond acceptors (Lipinski definition) is 6. The molecule has 3 aromatic rings. The van der Waals surface area contributed by atoms with E-state index in [0.717, 1.165) is 16.8 Å². The summed E-state index contributed by atoms with van der Waals surface area (Å²) in [6.45, 7) is 1.06. The van der Waals surface area contributed by atoms with Gasteiger partial charge >= 0.3 is 11.5 Å². The Hall–Kier alpha value is -4.35. The normalized spacial score (nSPS) is 19.7. The minimum atomic E-state index is -1.08. The first kappa shape index (κ1) is 28.2. The van der Waals surface area contributed by atoms with E-state index in [-0.39, 0.29) is 56.4 Å². The van der Waals surface area contributed by atoms with Gasteiger partial charge in [0.2, 0.25) is 11.7 Å². The number of hydrogen-bond donors (Lipinski definition) is 1. The molecule has 0 spiro atoms. The molecule has 0 radical (unpaired) electrons. The van der Waals surface area contributed by atoms with Gasteiger partial charge < -0.3 is 19.6 Å². The molecule has 1 amide bonds. The number of amides is 1. The maximum absolute atomic E-state index is 13.9. The second-order valence-corrected chi connectivity index (χ2v) is 10.2. The first-order valence-electron chi connectivity index (χ1n) is 13.4. The van der Waals surface area contributed by atoms with Gasteiger partial charge in [-0.25, -0.2) is 13.2 Å². The zero-order valence-corrected chi connectivity index (χ0v) is 22.1. The third-order valence-corrected chi connectivity index (χ3v) is 7.42. The fourth-order valence-corrected chi connectivity index (χ4v) is 5.37. The molecular weight excluding hydrogens is 541 g/mol. The lowest BCUT2D eigenvalue weighted by atomic mass is 9.94. The Morgan fingerprint density at radius 2 is 1.71 bits per heavy atom. The maximum atomic E-state index is 13.9. The van der Waals surface area contributed by atoms with Crippen molar-refractivity contribution in [3.05, 3.63) is 82.3 Å². The van der Waals surface area contributed by atoms with Crippen LogP contribution in [0.3, 0.4) is 0 Å². The highest BCUT2D eigenvalue weighted by atomic mass is 19.1. The SMILES string of the molecule is O=C(O)CC(C(=O)N1CCN(c2cnn(-c3cc(F)cc(F)c3)c(=O)c2OC2CCC(F)C2)CC1)c1ccccc1. The van der Waals surface area contributed by atoms with Crippen LogP contribution in [-0.4, -0.2) is 70.1 Å². The molecule has 12 heteroatoms. The summed E-state index contributed by atoms with van der Waals surface area (Å²) in [7, 11) is 0. The number of carbonyl (C=O) groups is 2. The number of alkyl halides is 1. The van der Waals surface area contributed by atoms with Gasteiger partial charge in [0.25, 0.3) is 0 Å². The summed E-state index contributed by atoms with van der Waals surface area (Å²) in [5, 5.41) is 13.6. The molecule has 2 aromatic carbocycles. The maximum Gasteiger partial charge on any atom is 0.316 e. The van der Waals surface area contributed by atoms with E-state index < -0.39 is 41.4 Å². The number of carboxylic acid groups (broad SMARTS) is 1. The molecule has 216 valence electrons. The number of carboxylic acids is 1. The lowest BCUT2D eigenvalue weighted by Gasteiger charge is -2.38. The average Bonchev–Trinajstić information content (AvgIpc) is 3.36. The molecule has 1 N–H and O–H groups in total. The summed E-state index contributed by atoms with van der Waals surface area (Å²) in [6, 6.07) is 11.4. The number of halogens is 3.